The number of hydrogen-bond acceptors (Lipinski definition) is 3. The van der Waals surface area contributed by atoms with Crippen LogP contribution in [0.2, 0.25) is 0 Å². The Morgan fingerprint density at radius 3 is 3.00 bits per heavy atom. The molecule has 0 aliphatic carbocycles. The third-order valence-electron chi connectivity index (χ3n) is 2.13. The predicted molar refractivity (Wildman–Crippen MR) is 66.6 cm³/mol. The third kappa shape index (κ3) is 4.09. The summed E-state index contributed by atoms with van der Waals surface area (Å²) in [4.78, 5) is 1.37. The molecule has 14 heavy (non-hydrogen) atoms. The maximum atomic E-state index is 5.49. The second-order valence-electron chi connectivity index (χ2n) is 3.51. The van der Waals surface area contributed by atoms with Crippen molar-refractivity contribution in [2.45, 2.75) is 19.9 Å². The van der Waals surface area contributed by atoms with Gasteiger partial charge in [0.15, 0.2) is 0 Å². The highest BCUT2D eigenvalue weighted by molar-refractivity contribution is 9.10. The molecule has 0 aromatic carbocycles. The van der Waals surface area contributed by atoms with E-state index in [9.17, 15) is 0 Å². The van der Waals surface area contributed by atoms with Crippen LogP contribution in [0.25, 0.3) is 0 Å². The molecule has 4 heteroatoms. The minimum Gasteiger partial charge on any atom is -0.330 e. The van der Waals surface area contributed by atoms with Crippen LogP contribution in [0, 0.1) is 5.92 Å². The minimum atomic E-state index is 0.665. The molecule has 0 aliphatic rings. The standard InChI is InChI=1S/C10H17BrN2S/c1-8(2-4-12)6-13-7-10-9(11)3-5-14-10/h3,5,8,13H,2,4,6-7,12H2,1H3. The quantitative estimate of drug-likeness (QED) is 0.838. The van der Waals surface area contributed by atoms with Gasteiger partial charge in [0, 0.05) is 15.9 Å². The molecule has 0 fully saturated rings. The largest absolute Gasteiger partial charge is 0.330 e. The first-order chi connectivity index (χ1) is 6.74. The number of rotatable bonds is 6. The molecule has 0 spiro atoms. The van der Waals surface area contributed by atoms with Gasteiger partial charge in [-0.25, -0.2) is 0 Å². The molecule has 0 aliphatic heterocycles. The fourth-order valence-electron chi connectivity index (χ4n) is 1.27. The van der Waals surface area contributed by atoms with E-state index in [1.807, 2.05) is 0 Å². The lowest BCUT2D eigenvalue weighted by Gasteiger charge is -2.10. The van der Waals surface area contributed by atoms with Gasteiger partial charge >= 0.3 is 0 Å². The van der Waals surface area contributed by atoms with E-state index in [2.05, 4.69) is 39.6 Å². The third-order valence-corrected chi connectivity index (χ3v) is 4.06. The van der Waals surface area contributed by atoms with Crippen molar-refractivity contribution >= 4 is 27.3 Å². The normalized spacial score (nSPS) is 13.1. The van der Waals surface area contributed by atoms with Crippen LogP contribution in [0.5, 0.6) is 0 Å². The van der Waals surface area contributed by atoms with E-state index in [-0.39, 0.29) is 0 Å². The summed E-state index contributed by atoms with van der Waals surface area (Å²) < 4.78 is 1.21. The van der Waals surface area contributed by atoms with Crippen LogP contribution in [0.3, 0.4) is 0 Å². The summed E-state index contributed by atoms with van der Waals surface area (Å²) in [5, 5.41) is 5.54. The van der Waals surface area contributed by atoms with Crippen LogP contribution >= 0.6 is 27.3 Å². The average molecular weight is 277 g/mol. The lowest BCUT2D eigenvalue weighted by molar-refractivity contribution is 0.488. The van der Waals surface area contributed by atoms with E-state index in [1.54, 1.807) is 11.3 Å². The maximum Gasteiger partial charge on any atom is 0.0327 e. The van der Waals surface area contributed by atoms with E-state index < -0.39 is 0 Å². The van der Waals surface area contributed by atoms with Crippen LogP contribution in [0.4, 0.5) is 0 Å². The van der Waals surface area contributed by atoms with Crippen LogP contribution in [-0.2, 0) is 6.54 Å². The van der Waals surface area contributed by atoms with Gasteiger partial charge < -0.3 is 11.1 Å². The Morgan fingerprint density at radius 1 is 1.64 bits per heavy atom. The highest BCUT2D eigenvalue weighted by Gasteiger charge is 2.02. The molecule has 80 valence electrons. The molecule has 0 saturated carbocycles. The number of thiophene rings is 1. The van der Waals surface area contributed by atoms with Crippen molar-refractivity contribution in [3.63, 3.8) is 0 Å². The Labute approximate surface area is 98.0 Å². The zero-order valence-corrected chi connectivity index (χ0v) is 10.8. The summed E-state index contributed by atoms with van der Waals surface area (Å²) in [5.41, 5.74) is 5.49. The fraction of sp³-hybridized carbons (Fsp3) is 0.600. The van der Waals surface area contributed by atoms with Crippen molar-refractivity contribution in [3.8, 4) is 0 Å². The van der Waals surface area contributed by atoms with Crippen LogP contribution < -0.4 is 11.1 Å². The van der Waals surface area contributed by atoms with Crippen LogP contribution in [0.1, 0.15) is 18.2 Å². The lowest BCUT2D eigenvalue weighted by atomic mass is 10.1. The SMILES string of the molecule is CC(CCN)CNCc1sccc1Br. The zero-order valence-electron chi connectivity index (χ0n) is 8.42. The van der Waals surface area contributed by atoms with E-state index in [0.29, 0.717) is 5.92 Å². The Morgan fingerprint density at radius 2 is 2.43 bits per heavy atom. The molecule has 1 aromatic heterocycles. The van der Waals surface area contributed by atoms with Crippen molar-refractivity contribution in [3.05, 3.63) is 20.8 Å². The summed E-state index contributed by atoms with van der Waals surface area (Å²) in [7, 11) is 0. The molecule has 0 saturated heterocycles. The fourth-order valence-corrected chi connectivity index (χ4v) is 2.73. The summed E-state index contributed by atoms with van der Waals surface area (Å²) in [6.45, 7) is 5.00. The second kappa shape index (κ2) is 6.56. The van der Waals surface area contributed by atoms with Gasteiger partial charge in [0.05, 0.1) is 0 Å². The van der Waals surface area contributed by atoms with Crippen molar-refractivity contribution in [2.24, 2.45) is 11.7 Å². The molecule has 0 bridgehead atoms. The van der Waals surface area contributed by atoms with Crippen molar-refractivity contribution < 1.29 is 0 Å². The van der Waals surface area contributed by atoms with E-state index >= 15 is 0 Å². The van der Waals surface area contributed by atoms with Gasteiger partial charge in [0.25, 0.3) is 0 Å². The molecule has 1 atom stereocenters. The topological polar surface area (TPSA) is 38.0 Å². The number of nitrogens with one attached hydrogen (secondary N) is 1. The van der Waals surface area contributed by atoms with Gasteiger partial charge in [-0.15, -0.1) is 11.3 Å². The molecule has 1 heterocycles. The molecule has 1 aromatic rings. The minimum absolute atomic E-state index is 0.665. The maximum absolute atomic E-state index is 5.49. The monoisotopic (exact) mass is 276 g/mol. The summed E-state index contributed by atoms with van der Waals surface area (Å²) >= 11 is 5.30. The Bertz CT molecular complexity index is 262. The molecule has 3 N–H and O–H groups in total. The summed E-state index contributed by atoms with van der Waals surface area (Å²) in [6.07, 6.45) is 1.10. The molecular formula is C10H17BrN2S. The van der Waals surface area contributed by atoms with Crippen molar-refractivity contribution in [1.82, 2.24) is 5.32 Å². The van der Waals surface area contributed by atoms with Gasteiger partial charge in [0.2, 0.25) is 0 Å². The highest BCUT2D eigenvalue weighted by atomic mass is 79.9. The first kappa shape index (κ1) is 12.2. The van der Waals surface area contributed by atoms with Gasteiger partial charge in [-0.3, -0.25) is 0 Å². The zero-order chi connectivity index (χ0) is 10.4. The average Bonchev–Trinajstić information content (AvgIpc) is 2.52. The Hall–Kier alpha value is 0.100. The molecule has 0 radical (unpaired) electrons. The van der Waals surface area contributed by atoms with Crippen LogP contribution in [0.15, 0.2) is 15.9 Å². The van der Waals surface area contributed by atoms with Crippen LogP contribution in [-0.4, -0.2) is 13.1 Å². The number of hydrogen-bond donors (Lipinski definition) is 2. The predicted octanol–water partition coefficient (Wildman–Crippen LogP) is 2.59. The lowest BCUT2D eigenvalue weighted by Crippen LogP contribution is -2.22. The smallest absolute Gasteiger partial charge is 0.0327 e. The van der Waals surface area contributed by atoms with Gasteiger partial charge in [-0.1, -0.05) is 6.92 Å². The second-order valence-corrected chi connectivity index (χ2v) is 5.36. The van der Waals surface area contributed by atoms with Gasteiger partial charge in [0.1, 0.15) is 0 Å². The summed E-state index contributed by atoms with van der Waals surface area (Å²) in [5.74, 6) is 0.665. The highest BCUT2D eigenvalue weighted by Crippen LogP contribution is 2.22. The molecule has 1 rings (SSSR count). The molecule has 2 nitrogen and oxygen atoms in total. The van der Waals surface area contributed by atoms with E-state index in [1.165, 1.54) is 9.35 Å². The van der Waals surface area contributed by atoms with Crippen molar-refractivity contribution in [1.29, 1.82) is 0 Å². The number of halogens is 1. The first-order valence-electron chi connectivity index (χ1n) is 4.86. The van der Waals surface area contributed by atoms with Gasteiger partial charge in [-0.05, 0) is 52.8 Å². The van der Waals surface area contributed by atoms with Crippen molar-refractivity contribution in [2.75, 3.05) is 13.1 Å². The molecular weight excluding hydrogens is 260 g/mol. The van der Waals surface area contributed by atoms with E-state index in [0.717, 1.165) is 26.1 Å². The summed E-state index contributed by atoms with van der Waals surface area (Å²) in [6, 6.07) is 2.09. The Kier molecular flexibility index (Phi) is 5.70. The molecule has 0 amide bonds. The van der Waals surface area contributed by atoms with Gasteiger partial charge in [-0.2, -0.15) is 0 Å². The Balaban J connectivity index is 2.19. The molecule has 1 unspecified atom stereocenters. The number of nitrogens with two attached hydrogens (primary N) is 1. The van der Waals surface area contributed by atoms with E-state index in [4.69, 9.17) is 5.73 Å². The first-order valence-corrected chi connectivity index (χ1v) is 6.54.